The van der Waals surface area contributed by atoms with Crippen LogP contribution in [0.3, 0.4) is 0 Å². The van der Waals surface area contributed by atoms with Crippen LogP contribution in [0.4, 0.5) is 10.1 Å². The molecule has 0 aliphatic carbocycles. The predicted molar refractivity (Wildman–Crippen MR) is 62.8 cm³/mol. The minimum Gasteiger partial charge on any atom is -0.379 e. The number of benzene rings is 1. The van der Waals surface area contributed by atoms with E-state index in [2.05, 4.69) is 5.32 Å². The summed E-state index contributed by atoms with van der Waals surface area (Å²) in [5.41, 5.74) is 0.509. The third-order valence-corrected chi connectivity index (χ3v) is 1.66. The lowest BCUT2D eigenvalue weighted by Gasteiger charge is -2.14. The average molecular weight is 227 g/mol. The van der Waals surface area contributed by atoms with Gasteiger partial charge in [0.05, 0.1) is 5.60 Å². The molecule has 1 N–H and O–H groups in total. The van der Waals surface area contributed by atoms with Gasteiger partial charge < -0.3 is 10.1 Å². The maximum absolute atomic E-state index is 12.3. The molecule has 0 aliphatic rings. The largest absolute Gasteiger partial charge is 0.379 e. The summed E-state index contributed by atoms with van der Waals surface area (Å²) in [6.07, 6.45) is 0.509. The Labute approximate surface area is 95.6 Å². The zero-order chi connectivity index (χ0) is 12.6. The van der Waals surface area contributed by atoms with E-state index in [1.807, 2.05) is 20.8 Å². The van der Waals surface area contributed by atoms with Crippen molar-refractivity contribution in [2.45, 2.75) is 26.4 Å². The van der Waals surface area contributed by atoms with E-state index in [1.165, 1.54) is 18.2 Å². The molecule has 0 bridgehead atoms. The van der Waals surface area contributed by atoms with Crippen LogP contribution in [0.1, 0.15) is 20.8 Å². The molecule has 0 unspecified atom stereocenters. The van der Waals surface area contributed by atoms with Gasteiger partial charge in [0.1, 0.15) is 5.82 Å². The Morgan fingerprint density at radius 2 is 1.94 bits per heavy atom. The second-order valence-corrected chi connectivity index (χ2v) is 4.09. The highest BCUT2D eigenvalue weighted by atomic mass is 19.1. The van der Waals surface area contributed by atoms with Crippen LogP contribution in [0.2, 0.25) is 0 Å². The van der Waals surface area contributed by atoms with Crippen LogP contribution in [-0.4, -0.2) is 19.1 Å². The van der Waals surface area contributed by atoms with Gasteiger partial charge in [0.2, 0.25) is 6.41 Å². The first-order valence-electron chi connectivity index (χ1n) is 4.90. The van der Waals surface area contributed by atoms with Crippen LogP contribution in [0.25, 0.3) is 0 Å². The number of amides is 1. The standard InChI is InChI=1S/C7H6FNO.C5H12O/c8-6-2-1-3-7(4-6)9-5-10;1-5(2,3)6-4/h1-5H,(H,9,10);1-4H3. The number of anilines is 1. The maximum atomic E-state index is 12.3. The first kappa shape index (κ1) is 14.6. The summed E-state index contributed by atoms with van der Waals surface area (Å²) in [4.78, 5) is 9.85. The Balaban J connectivity index is 0.000000325. The molecule has 3 nitrogen and oxygen atoms in total. The van der Waals surface area contributed by atoms with Gasteiger partial charge >= 0.3 is 0 Å². The quantitative estimate of drug-likeness (QED) is 0.789. The van der Waals surface area contributed by atoms with Crippen LogP contribution < -0.4 is 5.32 Å². The van der Waals surface area contributed by atoms with Gasteiger partial charge in [-0.3, -0.25) is 4.79 Å². The Morgan fingerprint density at radius 3 is 2.31 bits per heavy atom. The highest BCUT2D eigenvalue weighted by Crippen LogP contribution is 2.07. The van der Waals surface area contributed by atoms with E-state index in [0.29, 0.717) is 12.1 Å². The van der Waals surface area contributed by atoms with Gasteiger partial charge in [0.25, 0.3) is 0 Å². The predicted octanol–water partition coefficient (Wildman–Crippen LogP) is 2.83. The summed E-state index contributed by atoms with van der Waals surface area (Å²) in [6.45, 7) is 6.06. The molecule has 1 rings (SSSR count). The SMILES string of the molecule is COC(C)(C)C.O=CNc1cccc(F)c1. The molecule has 1 amide bonds. The minimum absolute atomic E-state index is 0.0417. The summed E-state index contributed by atoms with van der Waals surface area (Å²) >= 11 is 0. The van der Waals surface area contributed by atoms with E-state index in [4.69, 9.17) is 4.74 Å². The molecule has 16 heavy (non-hydrogen) atoms. The molecule has 0 saturated heterocycles. The molecule has 4 heteroatoms. The lowest BCUT2D eigenvalue weighted by atomic mass is 10.2. The lowest BCUT2D eigenvalue weighted by molar-refractivity contribution is -0.105. The zero-order valence-electron chi connectivity index (χ0n) is 10.1. The summed E-state index contributed by atoms with van der Waals surface area (Å²) < 4.78 is 17.3. The molecule has 0 fully saturated rings. The van der Waals surface area contributed by atoms with Crippen molar-refractivity contribution in [1.82, 2.24) is 0 Å². The molecular weight excluding hydrogens is 209 g/mol. The van der Waals surface area contributed by atoms with E-state index < -0.39 is 0 Å². The van der Waals surface area contributed by atoms with Crippen LogP contribution in [0.15, 0.2) is 24.3 Å². The number of ether oxygens (including phenoxy) is 1. The summed E-state index contributed by atoms with van der Waals surface area (Å²) in [5, 5.41) is 2.33. The molecule has 0 radical (unpaired) electrons. The highest BCUT2D eigenvalue weighted by molar-refractivity contribution is 5.70. The summed E-state index contributed by atoms with van der Waals surface area (Å²) in [5.74, 6) is -0.355. The molecular formula is C12H18FNO2. The molecule has 90 valence electrons. The fraction of sp³-hybridized carbons (Fsp3) is 0.417. The molecule has 0 atom stereocenters. The Hall–Kier alpha value is -1.42. The zero-order valence-corrected chi connectivity index (χ0v) is 10.1. The number of carbonyl (C=O) groups is 1. The number of hydrogen-bond acceptors (Lipinski definition) is 2. The second-order valence-electron chi connectivity index (χ2n) is 4.09. The number of hydrogen-bond donors (Lipinski definition) is 1. The van der Waals surface area contributed by atoms with Crippen molar-refractivity contribution in [2.24, 2.45) is 0 Å². The summed E-state index contributed by atoms with van der Waals surface area (Å²) in [7, 11) is 1.71. The third kappa shape index (κ3) is 7.94. The fourth-order valence-electron chi connectivity index (χ4n) is 0.646. The smallest absolute Gasteiger partial charge is 0.211 e. The highest BCUT2D eigenvalue weighted by Gasteiger charge is 2.04. The number of nitrogens with one attached hydrogen (secondary N) is 1. The Morgan fingerprint density at radius 1 is 1.38 bits per heavy atom. The minimum atomic E-state index is -0.355. The molecule has 1 aromatic rings. The number of halogens is 1. The van der Waals surface area contributed by atoms with E-state index in [-0.39, 0.29) is 11.4 Å². The molecule has 1 aromatic carbocycles. The van der Waals surface area contributed by atoms with Gasteiger partial charge in [-0.1, -0.05) is 6.07 Å². The van der Waals surface area contributed by atoms with E-state index in [9.17, 15) is 9.18 Å². The summed E-state index contributed by atoms with van der Waals surface area (Å²) in [6, 6.07) is 5.70. The fourth-order valence-corrected chi connectivity index (χ4v) is 0.646. The topological polar surface area (TPSA) is 38.3 Å². The van der Waals surface area contributed by atoms with Crippen LogP contribution in [0, 0.1) is 5.82 Å². The lowest BCUT2D eigenvalue weighted by Crippen LogP contribution is -2.15. The molecule has 0 heterocycles. The van der Waals surface area contributed by atoms with Gasteiger partial charge in [-0.05, 0) is 39.0 Å². The third-order valence-electron chi connectivity index (χ3n) is 1.66. The number of rotatable bonds is 2. The molecule has 0 aliphatic heterocycles. The van der Waals surface area contributed by atoms with Gasteiger partial charge in [-0.2, -0.15) is 0 Å². The van der Waals surface area contributed by atoms with Crippen LogP contribution in [0.5, 0.6) is 0 Å². The average Bonchev–Trinajstić information content (AvgIpc) is 2.18. The number of carbonyl (C=O) groups excluding carboxylic acids is 1. The Kier molecular flexibility index (Phi) is 6.34. The first-order valence-corrected chi connectivity index (χ1v) is 4.90. The first-order chi connectivity index (χ1) is 7.39. The van der Waals surface area contributed by atoms with Crippen molar-refractivity contribution in [3.63, 3.8) is 0 Å². The van der Waals surface area contributed by atoms with Crippen molar-refractivity contribution in [1.29, 1.82) is 0 Å². The normalized spacial score (nSPS) is 10.1. The molecule has 0 spiro atoms. The van der Waals surface area contributed by atoms with Gasteiger partial charge in [0.15, 0.2) is 0 Å². The van der Waals surface area contributed by atoms with E-state index in [1.54, 1.807) is 13.2 Å². The van der Waals surface area contributed by atoms with E-state index in [0.717, 1.165) is 0 Å². The van der Waals surface area contributed by atoms with Crippen molar-refractivity contribution in [3.8, 4) is 0 Å². The van der Waals surface area contributed by atoms with Gasteiger partial charge in [-0.25, -0.2) is 4.39 Å². The van der Waals surface area contributed by atoms with Gasteiger partial charge in [0, 0.05) is 12.8 Å². The van der Waals surface area contributed by atoms with Crippen LogP contribution in [-0.2, 0) is 9.53 Å². The van der Waals surface area contributed by atoms with E-state index >= 15 is 0 Å². The molecule has 0 saturated carbocycles. The van der Waals surface area contributed by atoms with Crippen molar-refractivity contribution in [2.75, 3.05) is 12.4 Å². The second kappa shape index (κ2) is 6.95. The van der Waals surface area contributed by atoms with Crippen molar-refractivity contribution in [3.05, 3.63) is 30.1 Å². The molecule has 0 aromatic heterocycles. The number of methoxy groups -OCH3 is 1. The Bertz CT molecular complexity index is 321. The van der Waals surface area contributed by atoms with Crippen molar-refractivity contribution < 1.29 is 13.9 Å². The van der Waals surface area contributed by atoms with Crippen LogP contribution >= 0.6 is 0 Å². The van der Waals surface area contributed by atoms with Crippen molar-refractivity contribution >= 4 is 12.1 Å². The maximum Gasteiger partial charge on any atom is 0.211 e. The monoisotopic (exact) mass is 227 g/mol. The van der Waals surface area contributed by atoms with Gasteiger partial charge in [-0.15, -0.1) is 0 Å².